The van der Waals surface area contributed by atoms with Crippen molar-refractivity contribution in [3.05, 3.63) is 35.4 Å². The van der Waals surface area contributed by atoms with Gasteiger partial charge in [0.2, 0.25) is 0 Å². The van der Waals surface area contributed by atoms with Gasteiger partial charge in [0, 0.05) is 46.4 Å². The maximum atomic E-state index is 12.5. The fourth-order valence-electron chi connectivity index (χ4n) is 2.66. The van der Waals surface area contributed by atoms with Crippen LogP contribution in [0.25, 0.3) is 0 Å². The number of hydrogen-bond acceptors (Lipinski definition) is 4. The standard InChI is InChI=1S/C16H23F3N2O2/c1-23-11-10-20-6-8-21(9-7-20)12-15(22)13-2-4-14(5-3-13)16(17,18)19/h2-5,15,22H,6-12H2,1H3/t15-/m0/s1. The van der Waals surface area contributed by atoms with Crippen LogP contribution in [0.2, 0.25) is 0 Å². The van der Waals surface area contributed by atoms with Gasteiger partial charge < -0.3 is 9.84 Å². The van der Waals surface area contributed by atoms with Crippen molar-refractivity contribution in [2.24, 2.45) is 0 Å². The van der Waals surface area contributed by atoms with Gasteiger partial charge in [0.15, 0.2) is 0 Å². The van der Waals surface area contributed by atoms with Gasteiger partial charge in [-0.1, -0.05) is 12.1 Å². The van der Waals surface area contributed by atoms with E-state index in [4.69, 9.17) is 4.74 Å². The number of alkyl halides is 3. The molecule has 1 N–H and O–H groups in total. The molecule has 4 nitrogen and oxygen atoms in total. The van der Waals surface area contributed by atoms with Crippen molar-refractivity contribution in [2.45, 2.75) is 12.3 Å². The van der Waals surface area contributed by atoms with Crippen molar-refractivity contribution in [1.82, 2.24) is 9.80 Å². The second-order valence-electron chi connectivity index (χ2n) is 5.77. The summed E-state index contributed by atoms with van der Waals surface area (Å²) in [6, 6.07) is 4.73. The first-order chi connectivity index (χ1) is 10.9. The molecule has 0 unspecified atom stereocenters. The molecule has 7 heteroatoms. The topological polar surface area (TPSA) is 35.9 Å². The Hall–Kier alpha value is -1.15. The van der Waals surface area contributed by atoms with Crippen LogP contribution in [0.3, 0.4) is 0 Å². The number of methoxy groups -OCH3 is 1. The molecule has 1 heterocycles. The number of rotatable bonds is 6. The van der Waals surface area contributed by atoms with Crippen LogP contribution in [0, 0.1) is 0 Å². The maximum absolute atomic E-state index is 12.5. The molecule has 2 rings (SSSR count). The molecule has 0 aliphatic carbocycles. The fraction of sp³-hybridized carbons (Fsp3) is 0.625. The second kappa shape index (κ2) is 8.10. The lowest BCUT2D eigenvalue weighted by molar-refractivity contribution is -0.137. The smallest absolute Gasteiger partial charge is 0.387 e. The highest BCUT2D eigenvalue weighted by Gasteiger charge is 2.30. The van der Waals surface area contributed by atoms with Crippen LogP contribution in [0.15, 0.2) is 24.3 Å². The maximum Gasteiger partial charge on any atom is 0.416 e. The summed E-state index contributed by atoms with van der Waals surface area (Å²) < 4.78 is 42.7. The van der Waals surface area contributed by atoms with Crippen LogP contribution in [0.4, 0.5) is 13.2 Å². The number of halogens is 3. The second-order valence-corrected chi connectivity index (χ2v) is 5.77. The van der Waals surface area contributed by atoms with Crippen molar-refractivity contribution in [2.75, 3.05) is 53.0 Å². The monoisotopic (exact) mass is 332 g/mol. The number of piperazine rings is 1. The molecule has 0 saturated carbocycles. The average molecular weight is 332 g/mol. The quantitative estimate of drug-likeness (QED) is 0.864. The summed E-state index contributed by atoms with van der Waals surface area (Å²) in [6.07, 6.45) is -5.12. The number of hydrogen-bond donors (Lipinski definition) is 1. The van der Waals surface area contributed by atoms with E-state index >= 15 is 0 Å². The summed E-state index contributed by atoms with van der Waals surface area (Å²) in [5.41, 5.74) is -0.181. The molecule has 1 aliphatic heterocycles. The Balaban J connectivity index is 1.82. The van der Waals surface area contributed by atoms with E-state index in [1.807, 2.05) is 0 Å². The minimum absolute atomic E-state index is 0.434. The summed E-state index contributed by atoms with van der Waals surface area (Å²) in [7, 11) is 1.68. The third kappa shape index (κ3) is 5.46. The highest BCUT2D eigenvalue weighted by Crippen LogP contribution is 2.30. The van der Waals surface area contributed by atoms with Crippen molar-refractivity contribution in [3.63, 3.8) is 0 Å². The van der Waals surface area contributed by atoms with Gasteiger partial charge in [-0.05, 0) is 17.7 Å². The molecule has 0 amide bonds. The Bertz CT molecular complexity index is 471. The highest BCUT2D eigenvalue weighted by molar-refractivity contribution is 5.26. The van der Waals surface area contributed by atoms with Gasteiger partial charge in [-0.3, -0.25) is 9.80 Å². The Kier molecular flexibility index (Phi) is 6.41. The lowest BCUT2D eigenvalue weighted by Crippen LogP contribution is -2.48. The minimum Gasteiger partial charge on any atom is -0.387 e. The predicted octanol–water partition coefficient (Wildman–Crippen LogP) is 2.00. The Morgan fingerprint density at radius 2 is 1.65 bits per heavy atom. The van der Waals surface area contributed by atoms with Gasteiger partial charge in [0.05, 0.1) is 18.3 Å². The van der Waals surface area contributed by atoms with Gasteiger partial charge in [0.25, 0.3) is 0 Å². The van der Waals surface area contributed by atoms with E-state index in [0.717, 1.165) is 44.9 Å². The lowest BCUT2D eigenvalue weighted by atomic mass is 10.1. The highest BCUT2D eigenvalue weighted by atomic mass is 19.4. The normalized spacial score (nSPS) is 19.0. The van der Waals surface area contributed by atoms with Crippen molar-refractivity contribution < 1.29 is 23.0 Å². The molecule has 1 aliphatic rings. The molecule has 23 heavy (non-hydrogen) atoms. The van der Waals surface area contributed by atoms with Crippen LogP contribution < -0.4 is 0 Å². The van der Waals surface area contributed by atoms with Gasteiger partial charge in [-0.25, -0.2) is 0 Å². The van der Waals surface area contributed by atoms with E-state index in [0.29, 0.717) is 18.7 Å². The fourth-order valence-corrected chi connectivity index (χ4v) is 2.66. The third-order valence-corrected chi connectivity index (χ3v) is 4.13. The number of nitrogens with zero attached hydrogens (tertiary/aromatic N) is 2. The molecule has 0 aromatic heterocycles. The zero-order valence-corrected chi connectivity index (χ0v) is 13.2. The Morgan fingerprint density at radius 3 is 2.17 bits per heavy atom. The zero-order chi connectivity index (χ0) is 16.9. The Morgan fingerprint density at radius 1 is 1.09 bits per heavy atom. The van der Waals surface area contributed by atoms with Crippen LogP contribution >= 0.6 is 0 Å². The summed E-state index contributed by atoms with van der Waals surface area (Å²) in [5.74, 6) is 0. The largest absolute Gasteiger partial charge is 0.416 e. The van der Waals surface area contributed by atoms with Crippen LogP contribution in [0.5, 0.6) is 0 Å². The molecule has 1 saturated heterocycles. The lowest BCUT2D eigenvalue weighted by Gasteiger charge is -2.35. The first kappa shape index (κ1) is 18.2. The number of benzene rings is 1. The molecule has 1 aromatic carbocycles. The van der Waals surface area contributed by atoms with E-state index in [-0.39, 0.29) is 0 Å². The summed E-state index contributed by atoms with van der Waals surface area (Å²) >= 11 is 0. The first-order valence-electron chi connectivity index (χ1n) is 7.69. The van der Waals surface area contributed by atoms with Crippen LogP contribution in [0.1, 0.15) is 17.2 Å². The van der Waals surface area contributed by atoms with Gasteiger partial charge in [-0.2, -0.15) is 13.2 Å². The number of ether oxygens (including phenoxy) is 1. The molecular formula is C16H23F3N2O2. The van der Waals surface area contributed by atoms with E-state index in [9.17, 15) is 18.3 Å². The van der Waals surface area contributed by atoms with Crippen molar-refractivity contribution >= 4 is 0 Å². The van der Waals surface area contributed by atoms with E-state index in [2.05, 4.69) is 9.80 Å². The van der Waals surface area contributed by atoms with Crippen LogP contribution in [-0.4, -0.2) is 67.9 Å². The van der Waals surface area contributed by atoms with Gasteiger partial charge in [-0.15, -0.1) is 0 Å². The predicted molar refractivity (Wildman–Crippen MR) is 81.2 cm³/mol. The molecule has 130 valence electrons. The molecular weight excluding hydrogens is 309 g/mol. The summed E-state index contributed by atoms with van der Waals surface area (Å²) in [5, 5.41) is 10.2. The molecule has 0 spiro atoms. The Labute approximate surface area is 134 Å². The van der Waals surface area contributed by atoms with E-state index in [1.54, 1.807) is 7.11 Å². The number of β-amino-alcohol motifs (C(OH)–C–C–N with tert-alkyl or cyclic N) is 1. The van der Waals surface area contributed by atoms with Gasteiger partial charge in [0.1, 0.15) is 0 Å². The molecule has 1 atom stereocenters. The first-order valence-corrected chi connectivity index (χ1v) is 7.69. The number of aliphatic hydroxyl groups is 1. The average Bonchev–Trinajstić information content (AvgIpc) is 2.53. The third-order valence-electron chi connectivity index (χ3n) is 4.13. The summed E-state index contributed by atoms with van der Waals surface area (Å²) in [4.78, 5) is 4.43. The molecule has 1 fully saturated rings. The van der Waals surface area contributed by atoms with Crippen molar-refractivity contribution in [1.29, 1.82) is 0 Å². The van der Waals surface area contributed by atoms with E-state index in [1.165, 1.54) is 12.1 Å². The SMILES string of the molecule is COCCN1CCN(C[C@H](O)c2ccc(C(F)(F)F)cc2)CC1. The number of aliphatic hydroxyl groups excluding tert-OH is 1. The summed E-state index contributed by atoms with van der Waals surface area (Å²) in [6.45, 7) is 5.51. The van der Waals surface area contributed by atoms with Gasteiger partial charge >= 0.3 is 6.18 Å². The molecule has 0 bridgehead atoms. The zero-order valence-electron chi connectivity index (χ0n) is 13.2. The molecule has 0 radical (unpaired) electrons. The minimum atomic E-state index is -4.35. The molecule has 1 aromatic rings. The van der Waals surface area contributed by atoms with Crippen LogP contribution in [-0.2, 0) is 10.9 Å². The van der Waals surface area contributed by atoms with E-state index < -0.39 is 17.8 Å². The van der Waals surface area contributed by atoms with Crippen molar-refractivity contribution in [3.8, 4) is 0 Å².